The Kier molecular flexibility index (Phi) is 4.76. The molecule has 6 nitrogen and oxygen atoms in total. The van der Waals surface area contributed by atoms with Gasteiger partial charge >= 0.3 is 6.18 Å². The van der Waals surface area contributed by atoms with Crippen molar-refractivity contribution >= 4 is 11.6 Å². The predicted molar refractivity (Wildman–Crippen MR) is 100 cm³/mol. The molecule has 4 rings (SSSR count). The smallest absolute Gasteiger partial charge is 0.368 e. The molecule has 0 aliphatic heterocycles. The van der Waals surface area contributed by atoms with E-state index in [1.807, 2.05) is 18.2 Å². The number of alkyl halides is 3. The molecule has 9 heteroatoms. The third-order valence-electron chi connectivity index (χ3n) is 4.03. The second-order valence-electron chi connectivity index (χ2n) is 5.94. The first-order valence-electron chi connectivity index (χ1n) is 7.95. The minimum atomic E-state index is -4.57. The molecule has 0 saturated heterocycles. The molecule has 0 aliphatic carbocycles. The summed E-state index contributed by atoms with van der Waals surface area (Å²) in [5, 5.41) is 4.01. The number of anilines is 1. The third-order valence-corrected chi connectivity index (χ3v) is 4.03. The molecule has 0 bridgehead atoms. The minimum absolute atomic E-state index is 0. The topological polar surface area (TPSA) is 82.0 Å². The van der Waals surface area contributed by atoms with Crippen LogP contribution in [0.4, 0.5) is 19.1 Å². The highest BCUT2D eigenvalue weighted by atomic mass is 19.4. The van der Waals surface area contributed by atoms with Crippen molar-refractivity contribution in [3.63, 3.8) is 0 Å². The molecule has 0 aliphatic rings. The molecule has 3 aromatic heterocycles. The fourth-order valence-electron chi connectivity index (χ4n) is 2.93. The van der Waals surface area contributed by atoms with Crippen molar-refractivity contribution in [2.75, 3.05) is 5.73 Å². The number of aromatic nitrogens is 5. The maximum atomic E-state index is 13.3. The van der Waals surface area contributed by atoms with Crippen LogP contribution in [0, 0.1) is 14.4 Å². The molecule has 0 amide bonds. The number of benzene rings is 1. The van der Waals surface area contributed by atoms with Crippen LogP contribution in [-0.4, -0.2) is 24.6 Å². The average molecular weight is 385 g/mol. The Hall–Kier alpha value is -3.49. The van der Waals surface area contributed by atoms with Gasteiger partial charge in [0.25, 0.3) is 0 Å². The first-order chi connectivity index (χ1) is 12.8. The number of nitrogens with two attached hydrogens (primary N) is 1. The highest BCUT2D eigenvalue weighted by Crippen LogP contribution is 2.37. The van der Waals surface area contributed by atoms with Crippen molar-refractivity contribution in [3.8, 4) is 22.4 Å². The van der Waals surface area contributed by atoms with E-state index < -0.39 is 11.9 Å². The molecular formula is C19H16F3N6-. The molecule has 0 unspecified atom stereocenters. The van der Waals surface area contributed by atoms with E-state index in [0.717, 1.165) is 6.07 Å². The lowest BCUT2D eigenvalue weighted by molar-refractivity contribution is -0.141. The number of rotatable bonds is 2. The Balaban J connectivity index is 0.00000225. The van der Waals surface area contributed by atoms with Crippen molar-refractivity contribution in [2.24, 2.45) is 0 Å². The van der Waals surface area contributed by atoms with Crippen molar-refractivity contribution in [1.29, 1.82) is 0 Å². The number of fused-ring (bicyclic) bond motifs is 1. The molecule has 0 fully saturated rings. The van der Waals surface area contributed by atoms with E-state index in [1.54, 1.807) is 18.2 Å². The van der Waals surface area contributed by atoms with Gasteiger partial charge in [0.2, 0.25) is 5.95 Å². The quantitative estimate of drug-likeness (QED) is 0.523. The second-order valence-corrected chi connectivity index (χ2v) is 5.94. The van der Waals surface area contributed by atoms with Gasteiger partial charge in [0.05, 0.1) is 11.3 Å². The van der Waals surface area contributed by atoms with Crippen molar-refractivity contribution < 1.29 is 13.2 Å². The highest BCUT2D eigenvalue weighted by molar-refractivity contribution is 5.90. The summed E-state index contributed by atoms with van der Waals surface area (Å²) in [7, 11) is 0. The van der Waals surface area contributed by atoms with Crippen LogP contribution in [0.25, 0.3) is 28.0 Å². The van der Waals surface area contributed by atoms with Crippen LogP contribution >= 0.6 is 0 Å². The van der Waals surface area contributed by atoms with Crippen molar-refractivity contribution in [2.45, 2.75) is 13.1 Å². The van der Waals surface area contributed by atoms with Gasteiger partial charge in [0.15, 0.2) is 5.65 Å². The number of hydrogen-bond donors (Lipinski definition) is 1. The number of aryl methyl sites for hydroxylation is 1. The van der Waals surface area contributed by atoms with Gasteiger partial charge in [-0.3, -0.25) is 0 Å². The van der Waals surface area contributed by atoms with Crippen LogP contribution < -0.4 is 5.73 Å². The molecular weight excluding hydrogens is 369 g/mol. The Bertz CT molecular complexity index is 1140. The number of halogens is 3. The molecule has 0 atom stereocenters. The predicted octanol–water partition coefficient (Wildman–Crippen LogP) is 4.21. The summed E-state index contributed by atoms with van der Waals surface area (Å²) in [4.78, 5) is 12.2. The van der Waals surface area contributed by atoms with Gasteiger partial charge < -0.3 is 13.2 Å². The Morgan fingerprint density at radius 2 is 1.71 bits per heavy atom. The summed E-state index contributed by atoms with van der Waals surface area (Å²) in [5.74, 6) is 0.0897. The highest BCUT2D eigenvalue weighted by Gasteiger charge is 2.33. The average Bonchev–Trinajstić information content (AvgIpc) is 3.11. The fraction of sp³-hybridized carbons (Fsp3) is 0.105. The van der Waals surface area contributed by atoms with E-state index in [-0.39, 0.29) is 19.1 Å². The van der Waals surface area contributed by atoms with Gasteiger partial charge in [-0.1, -0.05) is 30.3 Å². The van der Waals surface area contributed by atoms with E-state index in [4.69, 9.17) is 5.73 Å². The van der Waals surface area contributed by atoms with E-state index in [0.29, 0.717) is 28.0 Å². The van der Waals surface area contributed by atoms with Crippen LogP contribution in [-0.2, 0) is 6.18 Å². The van der Waals surface area contributed by atoms with Gasteiger partial charge in [-0.25, -0.2) is 15.0 Å². The summed E-state index contributed by atoms with van der Waals surface area (Å²) in [5.41, 5.74) is 7.36. The normalized spacial score (nSPS) is 11.4. The van der Waals surface area contributed by atoms with Crippen LogP contribution in [0.2, 0.25) is 0 Å². The third kappa shape index (κ3) is 3.26. The van der Waals surface area contributed by atoms with Crippen LogP contribution in [0.3, 0.4) is 0 Å². The number of nitrogens with zero attached hydrogens (tertiary/aromatic N) is 5. The first kappa shape index (κ1) is 19.3. The molecule has 1 aromatic carbocycles. The molecule has 28 heavy (non-hydrogen) atoms. The van der Waals surface area contributed by atoms with Crippen LogP contribution in [0.15, 0.2) is 48.8 Å². The lowest BCUT2D eigenvalue weighted by atomic mass is 9.99. The van der Waals surface area contributed by atoms with Crippen molar-refractivity contribution in [1.82, 2.24) is 24.6 Å². The molecule has 3 heterocycles. The zero-order valence-electron chi connectivity index (χ0n) is 15.1. The second kappa shape index (κ2) is 6.91. The SMILES string of the molecule is Cc1cc(-c2c(-c3ccccc3)nc(N)n3ncnc23)cc(C(F)(F)F)n1.[CH3-]. The summed E-state index contributed by atoms with van der Waals surface area (Å²) >= 11 is 0. The van der Waals surface area contributed by atoms with E-state index >= 15 is 0 Å². The van der Waals surface area contributed by atoms with Crippen LogP contribution in [0.1, 0.15) is 11.4 Å². The van der Waals surface area contributed by atoms with E-state index in [1.165, 1.54) is 17.8 Å². The minimum Gasteiger partial charge on any atom is -0.368 e. The monoisotopic (exact) mass is 385 g/mol. The van der Waals surface area contributed by atoms with Gasteiger partial charge in [-0.05, 0) is 24.6 Å². The summed E-state index contributed by atoms with van der Waals surface area (Å²) in [6.07, 6.45) is -3.29. The van der Waals surface area contributed by atoms with E-state index in [9.17, 15) is 13.2 Å². The number of pyridine rings is 1. The van der Waals surface area contributed by atoms with E-state index in [2.05, 4.69) is 20.1 Å². The Labute approximate surface area is 158 Å². The molecule has 0 radical (unpaired) electrons. The summed E-state index contributed by atoms with van der Waals surface area (Å²) < 4.78 is 41.1. The van der Waals surface area contributed by atoms with Gasteiger partial charge in [-0.2, -0.15) is 22.8 Å². The lowest BCUT2D eigenvalue weighted by Crippen LogP contribution is -2.10. The maximum Gasteiger partial charge on any atom is 0.433 e. The molecule has 0 spiro atoms. The Morgan fingerprint density at radius 3 is 2.39 bits per heavy atom. The molecule has 144 valence electrons. The standard InChI is InChI=1S/C18H13F3N6.CH3/c1-10-7-12(8-13(25-10)18(19,20)21)14-15(11-5-3-2-4-6-11)26-17(22)27-16(14)23-9-24-27;/h2-9H,1H3,(H2,22,26);1H3/q;-1. The fourth-order valence-corrected chi connectivity index (χ4v) is 2.93. The first-order valence-corrected chi connectivity index (χ1v) is 7.95. The van der Waals surface area contributed by atoms with Gasteiger partial charge in [-0.15, -0.1) is 0 Å². The summed E-state index contributed by atoms with van der Waals surface area (Å²) in [6, 6.07) is 11.6. The zero-order chi connectivity index (χ0) is 19.2. The zero-order valence-corrected chi connectivity index (χ0v) is 15.1. The number of nitrogen functional groups attached to an aromatic ring is 1. The van der Waals surface area contributed by atoms with Crippen molar-refractivity contribution in [3.05, 3.63) is 67.6 Å². The largest absolute Gasteiger partial charge is 0.433 e. The number of hydrogen-bond acceptors (Lipinski definition) is 5. The lowest BCUT2D eigenvalue weighted by Gasteiger charge is -2.14. The molecule has 2 N–H and O–H groups in total. The molecule has 0 saturated carbocycles. The maximum absolute atomic E-state index is 13.3. The van der Waals surface area contributed by atoms with Gasteiger partial charge in [0.1, 0.15) is 12.0 Å². The summed E-state index contributed by atoms with van der Waals surface area (Å²) in [6.45, 7) is 1.51. The van der Waals surface area contributed by atoms with Crippen LogP contribution in [0.5, 0.6) is 0 Å². The Morgan fingerprint density at radius 1 is 1.00 bits per heavy atom. The van der Waals surface area contributed by atoms with Gasteiger partial charge in [0, 0.05) is 11.3 Å². The molecule has 4 aromatic rings.